The summed E-state index contributed by atoms with van der Waals surface area (Å²) in [6, 6.07) is 6.59. The molecule has 1 aliphatic heterocycles. The lowest BCUT2D eigenvalue weighted by molar-refractivity contribution is -0.129. The number of likely N-dealkylation sites (tertiary alicyclic amines) is 1. The Balaban J connectivity index is 1.60. The Morgan fingerprint density at radius 1 is 1.20 bits per heavy atom. The van der Waals surface area contributed by atoms with Gasteiger partial charge in [-0.25, -0.2) is 0 Å². The molecule has 3 rings (SSSR count). The molecule has 2 aliphatic rings. The van der Waals surface area contributed by atoms with Crippen LogP contribution in [0.3, 0.4) is 0 Å². The summed E-state index contributed by atoms with van der Waals surface area (Å²) in [5, 5.41) is 3.12. The molecule has 136 valence electrons. The van der Waals surface area contributed by atoms with Crippen molar-refractivity contribution in [2.75, 3.05) is 13.1 Å². The summed E-state index contributed by atoms with van der Waals surface area (Å²) >= 11 is 0. The van der Waals surface area contributed by atoms with Gasteiger partial charge in [-0.1, -0.05) is 32.0 Å². The van der Waals surface area contributed by atoms with E-state index in [0.717, 1.165) is 18.5 Å². The maximum Gasteiger partial charge on any atom is 0.225 e. The molecule has 1 heterocycles. The molecular formula is C21H30N2O2. The average Bonchev–Trinajstić information content (AvgIpc) is 2.94. The largest absolute Gasteiger partial charge is 0.349 e. The quantitative estimate of drug-likeness (QED) is 0.893. The van der Waals surface area contributed by atoms with E-state index in [4.69, 9.17) is 0 Å². The van der Waals surface area contributed by atoms with E-state index in [1.54, 1.807) is 0 Å². The molecule has 0 spiro atoms. The topological polar surface area (TPSA) is 49.4 Å². The number of rotatable bonds is 5. The maximum absolute atomic E-state index is 12.6. The van der Waals surface area contributed by atoms with Gasteiger partial charge < -0.3 is 10.2 Å². The highest BCUT2D eigenvalue weighted by Gasteiger charge is 2.34. The van der Waals surface area contributed by atoms with Gasteiger partial charge in [0.25, 0.3) is 0 Å². The molecule has 2 atom stereocenters. The Morgan fingerprint density at radius 2 is 1.92 bits per heavy atom. The summed E-state index contributed by atoms with van der Waals surface area (Å²) in [6.07, 6.45) is 5.20. The van der Waals surface area contributed by atoms with Crippen LogP contribution in [0.4, 0.5) is 0 Å². The number of nitrogens with zero attached hydrogens (tertiary/aromatic N) is 1. The van der Waals surface area contributed by atoms with Gasteiger partial charge in [0.1, 0.15) is 0 Å². The molecular weight excluding hydrogens is 312 g/mol. The van der Waals surface area contributed by atoms with E-state index in [2.05, 4.69) is 37.4 Å². The number of carbonyl (C=O) groups is 2. The van der Waals surface area contributed by atoms with Crippen molar-refractivity contribution in [3.63, 3.8) is 0 Å². The van der Waals surface area contributed by atoms with Gasteiger partial charge in [-0.3, -0.25) is 9.59 Å². The molecule has 1 aromatic carbocycles. The zero-order valence-electron chi connectivity index (χ0n) is 15.7. The normalized spacial score (nSPS) is 21.4. The van der Waals surface area contributed by atoms with Gasteiger partial charge in [-0.05, 0) is 55.2 Å². The van der Waals surface area contributed by atoms with Crippen LogP contribution in [0.5, 0.6) is 0 Å². The maximum atomic E-state index is 12.6. The van der Waals surface area contributed by atoms with Gasteiger partial charge in [-0.2, -0.15) is 0 Å². The second kappa shape index (κ2) is 7.59. The molecule has 1 aliphatic carbocycles. The van der Waals surface area contributed by atoms with E-state index < -0.39 is 0 Å². The molecule has 1 aromatic rings. The van der Waals surface area contributed by atoms with Gasteiger partial charge in [0.05, 0.1) is 12.0 Å². The van der Waals surface area contributed by atoms with Crippen LogP contribution in [0, 0.1) is 11.8 Å². The minimum absolute atomic E-state index is 0.00447. The number of benzene rings is 1. The van der Waals surface area contributed by atoms with Crippen LogP contribution in [0.25, 0.3) is 0 Å². The van der Waals surface area contributed by atoms with Crippen molar-refractivity contribution in [3.05, 3.63) is 34.9 Å². The molecule has 1 N–H and O–H groups in total. The van der Waals surface area contributed by atoms with Crippen LogP contribution in [0.15, 0.2) is 18.2 Å². The average molecular weight is 342 g/mol. The third kappa shape index (κ3) is 4.23. The Labute approximate surface area is 151 Å². The van der Waals surface area contributed by atoms with Crippen LogP contribution in [0.1, 0.15) is 62.8 Å². The van der Waals surface area contributed by atoms with Crippen molar-refractivity contribution in [1.82, 2.24) is 10.2 Å². The fourth-order valence-electron chi connectivity index (χ4n) is 4.00. The van der Waals surface area contributed by atoms with Gasteiger partial charge in [0, 0.05) is 19.5 Å². The Hall–Kier alpha value is -1.84. The molecule has 0 aromatic heterocycles. The second-order valence-corrected chi connectivity index (χ2v) is 8.06. The third-order valence-corrected chi connectivity index (χ3v) is 5.40. The molecule has 4 heteroatoms. The third-order valence-electron chi connectivity index (χ3n) is 5.40. The smallest absolute Gasteiger partial charge is 0.225 e. The number of amides is 2. The molecule has 0 saturated carbocycles. The van der Waals surface area contributed by atoms with Crippen LogP contribution in [0.2, 0.25) is 0 Å². The van der Waals surface area contributed by atoms with Crippen LogP contribution < -0.4 is 5.32 Å². The number of hydrogen-bond donors (Lipinski definition) is 1. The van der Waals surface area contributed by atoms with E-state index in [0.29, 0.717) is 18.9 Å². The Kier molecular flexibility index (Phi) is 5.45. The van der Waals surface area contributed by atoms with E-state index in [1.165, 1.54) is 30.4 Å². The molecule has 1 saturated heterocycles. The zero-order valence-corrected chi connectivity index (χ0v) is 15.7. The lowest BCUT2D eigenvalue weighted by Gasteiger charge is -2.22. The minimum atomic E-state index is -0.216. The van der Waals surface area contributed by atoms with Crippen molar-refractivity contribution >= 4 is 11.8 Å². The molecule has 25 heavy (non-hydrogen) atoms. The fourth-order valence-corrected chi connectivity index (χ4v) is 4.00. The first-order chi connectivity index (χ1) is 11.9. The van der Waals surface area contributed by atoms with Crippen molar-refractivity contribution in [2.45, 2.75) is 58.9 Å². The Morgan fingerprint density at radius 3 is 2.64 bits per heavy atom. The van der Waals surface area contributed by atoms with Gasteiger partial charge in [0.2, 0.25) is 11.8 Å². The predicted molar refractivity (Wildman–Crippen MR) is 99.2 cm³/mol. The number of hydrogen-bond acceptors (Lipinski definition) is 2. The van der Waals surface area contributed by atoms with Crippen LogP contribution >= 0.6 is 0 Å². The zero-order chi connectivity index (χ0) is 18.0. The highest BCUT2D eigenvalue weighted by molar-refractivity contribution is 5.89. The summed E-state index contributed by atoms with van der Waals surface area (Å²) < 4.78 is 0. The van der Waals surface area contributed by atoms with Crippen molar-refractivity contribution in [2.24, 2.45) is 11.8 Å². The number of nitrogens with one attached hydrogen (secondary N) is 1. The Bertz CT molecular complexity index is 653. The number of carbonyl (C=O) groups excluding carboxylic acids is 2. The lowest BCUT2D eigenvalue weighted by atomic mass is 9.89. The van der Waals surface area contributed by atoms with E-state index in [-0.39, 0.29) is 23.8 Å². The second-order valence-electron chi connectivity index (χ2n) is 8.06. The van der Waals surface area contributed by atoms with E-state index >= 15 is 0 Å². The first-order valence-corrected chi connectivity index (χ1v) is 9.64. The van der Waals surface area contributed by atoms with Gasteiger partial charge in [-0.15, -0.1) is 0 Å². The molecule has 0 bridgehead atoms. The first-order valence-electron chi connectivity index (χ1n) is 9.64. The fraction of sp³-hybridized carbons (Fsp3) is 0.619. The molecule has 0 radical (unpaired) electrons. The summed E-state index contributed by atoms with van der Waals surface area (Å²) in [5.74, 6) is 0.326. The number of aryl methyl sites for hydroxylation is 2. The van der Waals surface area contributed by atoms with Crippen LogP contribution in [-0.2, 0) is 22.4 Å². The van der Waals surface area contributed by atoms with Gasteiger partial charge in [0.15, 0.2) is 0 Å². The standard InChI is InChI=1S/C21H30N2O2/c1-14(2)12-23-13-19(11-20(23)24)21(25)22-15(3)17-9-8-16-6-4-5-7-18(16)10-17/h8-10,14-15,19H,4-7,11-13H2,1-3H3,(H,22,25)/t15-,19-/m0/s1. The highest BCUT2D eigenvalue weighted by atomic mass is 16.2. The highest BCUT2D eigenvalue weighted by Crippen LogP contribution is 2.26. The van der Waals surface area contributed by atoms with E-state index in [9.17, 15) is 9.59 Å². The van der Waals surface area contributed by atoms with Crippen molar-refractivity contribution < 1.29 is 9.59 Å². The van der Waals surface area contributed by atoms with Crippen molar-refractivity contribution in [1.29, 1.82) is 0 Å². The summed E-state index contributed by atoms with van der Waals surface area (Å²) in [6.45, 7) is 7.52. The SMILES string of the molecule is CC(C)CN1C[C@@H](C(=O)N[C@@H](C)c2ccc3c(c2)CCCC3)CC1=O. The molecule has 2 amide bonds. The van der Waals surface area contributed by atoms with E-state index in [1.807, 2.05) is 11.8 Å². The summed E-state index contributed by atoms with van der Waals surface area (Å²) in [7, 11) is 0. The molecule has 0 unspecified atom stereocenters. The molecule has 4 nitrogen and oxygen atoms in total. The summed E-state index contributed by atoms with van der Waals surface area (Å²) in [4.78, 5) is 26.5. The van der Waals surface area contributed by atoms with Gasteiger partial charge >= 0.3 is 0 Å². The van der Waals surface area contributed by atoms with Crippen molar-refractivity contribution in [3.8, 4) is 0 Å². The van der Waals surface area contributed by atoms with Crippen LogP contribution in [-0.4, -0.2) is 29.8 Å². The monoisotopic (exact) mass is 342 g/mol. The molecule has 1 fully saturated rings. The first kappa shape index (κ1) is 18.0. The summed E-state index contributed by atoms with van der Waals surface area (Å²) in [5.41, 5.74) is 4.06. The predicted octanol–water partition coefficient (Wildman–Crippen LogP) is 3.25. The number of fused-ring (bicyclic) bond motifs is 1. The minimum Gasteiger partial charge on any atom is -0.349 e. The lowest BCUT2D eigenvalue weighted by Crippen LogP contribution is -2.35.